The molecule has 0 heterocycles. The van der Waals surface area contributed by atoms with Gasteiger partial charge in [0.15, 0.2) is 0 Å². The smallest absolute Gasteiger partial charge is 0.306 e. The Hall–Kier alpha value is -1.42. The summed E-state index contributed by atoms with van der Waals surface area (Å²) < 4.78 is 13.7. The van der Waals surface area contributed by atoms with Gasteiger partial charge in [-0.3, -0.25) is 4.79 Å². The molecule has 1 aromatic carbocycles. The normalized spacial score (nSPS) is 29.1. The lowest BCUT2D eigenvalue weighted by Crippen LogP contribution is -2.36. The highest BCUT2D eigenvalue weighted by Gasteiger charge is 2.30. The maximum Gasteiger partial charge on any atom is 0.306 e. The summed E-state index contributed by atoms with van der Waals surface area (Å²) in [6, 6.07) is 5.90. The van der Waals surface area contributed by atoms with Gasteiger partial charge in [-0.1, -0.05) is 12.1 Å². The van der Waals surface area contributed by atoms with Crippen molar-refractivity contribution in [3.63, 3.8) is 0 Å². The van der Waals surface area contributed by atoms with Gasteiger partial charge >= 0.3 is 5.97 Å². The van der Waals surface area contributed by atoms with E-state index in [1.54, 1.807) is 6.07 Å². The fraction of sp³-hybridized carbons (Fsp3) is 0.562. The molecule has 108 valence electrons. The van der Waals surface area contributed by atoms with E-state index in [0.29, 0.717) is 6.04 Å². The molecule has 2 N–H and O–H groups in total. The monoisotopic (exact) mass is 277 g/mol. The van der Waals surface area contributed by atoms with E-state index in [1.165, 1.54) is 6.07 Å². The SMILES string of the molecule is O=C(O)C1CCC(NC2CCc3c(F)cccc32)CC1. The van der Waals surface area contributed by atoms with E-state index in [1.807, 2.05) is 6.07 Å². The number of aliphatic carboxylic acids is 1. The molecular formula is C16H20FNO2. The number of hydrogen-bond donors (Lipinski definition) is 2. The van der Waals surface area contributed by atoms with Crippen LogP contribution in [0.1, 0.15) is 49.3 Å². The lowest BCUT2D eigenvalue weighted by atomic mass is 9.85. The van der Waals surface area contributed by atoms with Crippen molar-refractivity contribution in [1.82, 2.24) is 5.32 Å². The van der Waals surface area contributed by atoms with Crippen LogP contribution in [-0.4, -0.2) is 17.1 Å². The third-order valence-corrected chi connectivity index (χ3v) is 4.73. The van der Waals surface area contributed by atoms with Gasteiger partial charge in [0.2, 0.25) is 0 Å². The van der Waals surface area contributed by atoms with Gasteiger partial charge in [-0.15, -0.1) is 0 Å². The first-order chi connectivity index (χ1) is 9.65. The van der Waals surface area contributed by atoms with E-state index in [0.717, 1.165) is 49.7 Å². The molecule has 2 aliphatic rings. The van der Waals surface area contributed by atoms with Crippen LogP contribution in [0.4, 0.5) is 4.39 Å². The summed E-state index contributed by atoms with van der Waals surface area (Å²) in [7, 11) is 0. The maximum absolute atomic E-state index is 13.7. The topological polar surface area (TPSA) is 49.3 Å². The molecule has 2 aliphatic carbocycles. The minimum absolute atomic E-state index is 0.0959. The van der Waals surface area contributed by atoms with Crippen molar-refractivity contribution in [2.75, 3.05) is 0 Å². The first-order valence-electron chi connectivity index (χ1n) is 7.41. The largest absolute Gasteiger partial charge is 0.481 e. The molecule has 4 heteroatoms. The maximum atomic E-state index is 13.7. The summed E-state index contributed by atoms with van der Waals surface area (Å²) in [6.45, 7) is 0. The van der Waals surface area contributed by atoms with Gasteiger partial charge in [0.05, 0.1) is 5.92 Å². The predicted molar refractivity (Wildman–Crippen MR) is 74.0 cm³/mol. The lowest BCUT2D eigenvalue weighted by Gasteiger charge is -2.29. The van der Waals surface area contributed by atoms with Gasteiger partial charge in [-0.2, -0.15) is 0 Å². The van der Waals surface area contributed by atoms with Crippen LogP contribution in [0, 0.1) is 11.7 Å². The van der Waals surface area contributed by atoms with Crippen molar-refractivity contribution in [3.8, 4) is 0 Å². The first kappa shape index (κ1) is 13.6. The van der Waals surface area contributed by atoms with Crippen molar-refractivity contribution in [2.45, 2.75) is 50.6 Å². The number of nitrogens with one attached hydrogen (secondary N) is 1. The summed E-state index contributed by atoms with van der Waals surface area (Å²) in [4.78, 5) is 10.9. The fourth-order valence-corrected chi connectivity index (χ4v) is 3.57. The van der Waals surface area contributed by atoms with E-state index in [9.17, 15) is 9.18 Å². The highest BCUT2D eigenvalue weighted by molar-refractivity contribution is 5.70. The van der Waals surface area contributed by atoms with Crippen LogP contribution in [0.2, 0.25) is 0 Å². The third-order valence-electron chi connectivity index (χ3n) is 4.73. The van der Waals surface area contributed by atoms with Gasteiger partial charge in [-0.05, 0) is 55.7 Å². The molecule has 0 saturated heterocycles. The summed E-state index contributed by atoms with van der Waals surface area (Å²) in [5, 5.41) is 12.6. The standard InChI is InChI=1S/C16H20FNO2/c17-14-3-1-2-13-12(14)8-9-15(13)18-11-6-4-10(5-7-11)16(19)20/h1-3,10-11,15,18H,4-9H2,(H,19,20). The van der Waals surface area contributed by atoms with Gasteiger partial charge in [0, 0.05) is 12.1 Å². The zero-order chi connectivity index (χ0) is 14.1. The Morgan fingerprint density at radius 3 is 2.65 bits per heavy atom. The molecule has 1 unspecified atom stereocenters. The zero-order valence-corrected chi connectivity index (χ0v) is 11.4. The summed E-state index contributed by atoms with van der Waals surface area (Å²) in [6.07, 6.45) is 5.03. The molecule has 1 saturated carbocycles. The molecule has 0 radical (unpaired) electrons. The van der Waals surface area contributed by atoms with Crippen molar-refractivity contribution < 1.29 is 14.3 Å². The van der Waals surface area contributed by atoms with E-state index >= 15 is 0 Å². The lowest BCUT2D eigenvalue weighted by molar-refractivity contribution is -0.142. The number of benzene rings is 1. The van der Waals surface area contributed by atoms with Crippen LogP contribution in [0.25, 0.3) is 0 Å². The van der Waals surface area contributed by atoms with Gasteiger partial charge in [0.1, 0.15) is 5.82 Å². The molecular weight excluding hydrogens is 257 g/mol. The molecule has 20 heavy (non-hydrogen) atoms. The number of hydrogen-bond acceptors (Lipinski definition) is 2. The molecule has 0 aromatic heterocycles. The fourth-order valence-electron chi connectivity index (χ4n) is 3.57. The highest BCUT2D eigenvalue weighted by Crippen LogP contribution is 2.34. The Kier molecular flexibility index (Phi) is 3.74. The van der Waals surface area contributed by atoms with E-state index in [-0.39, 0.29) is 17.8 Å². The first-order valence-corrected chi connectivity index (χ1v) is 7.41. The summed E-state index contributed by atoms with van der Waals surface area (Å²) in [5.41, 5.74) is 1.94. The highest BCUT2D eigenvalue weighted by atomic mass is 19.1. The summed E-state index contributed by atoms with van der Waals surface area (Å²) in [5.74, 6) is -0.945. The minimum atomic E-state index is -0.670. The van der Waals surface area contributed by atoms with Crippen LogP contribution in [0.5, 0.6) is 0 Å². The third kappa shape index (κ3) is 2.57. The molecule has 1 fully saturated rings. The van der Waals surface area contributed by atoms with Crippen LogP contribution in [0.3, 0.4) is 0 Å². The number of carboxylic acids is 1. The number of carbonyl (C=O) groups is 1. The Labute approximate surface area is 118 Å². The molecule has 1 aromatic rings. The average molecular weight is 277 g/mol. The Balaban J connectivity index is 1.61. The second-order valence-corrected chi connectivity index (χ2v) is 5.95. The van der Waals surface area contributed by atoms with Crippen LogP contribution >= 0.6 is 0 Å². The quantitative estimate of drug-likeness (QED) is 0.892. The molecule has 0 amide bonds. The molecule has 0 bridgehead atoms. The van der Waals surface area contributed by atoms with Crippen molar-refractivity contribution in [3.05, 3.63) is 35.1 Å². The van der Waals surface area contributed by atoms with Crippen molar-refractivity contribution in [2.24, 2.45) is 5.92 Å². The minimum Gasteiger partial charge on any atom is -0.481 e. The van der Waals surface area contributed by atoms with Crippen LogP contribution in [-0.2, 0) is 11.2 Å². The molecule has 3 rings (SSSR count). The Bertz CT molecular complexity index is 509. The second-order valence-electron chi connectivity index (χ2n) is 5.95. The van der Waals surface area contributed by atoms with E-state index in [4.69, 9.17) is 5.11 Å². The molecule has 1 atom stereocenters. The molecule has 0 aliphatic heterocycles. The van der Waals surface area contributed by atoms with E-state index in [2.05, 4.69) is 5.32 Å². The number of rotatable bonds is 3. The second kappa shape index (κ2) is 5.52. The molecule has 0 spiro atoms. The van der Waals surface area contributed by atoms with Gasteiger partial charge in [-0.25, -0.2) is 4.39 Å². The zero-order valence-electron chi connectivity index (χ0n) is 11.4. The number of fused-ring (bicyclic) bond motifs is 1. The Morgan fingerprint density at radius 1 is 1.20 bits per heavy atom. The van der Waals surface area contributed by atoms with Crippen LogP contribution < -0.4 is 5.32 Å². The Morgan fingerprint density at radius 2 is 1.95 bits per heavy atom. The summed E-state index contributed by atoms with van der Waals surface area (Å²) >= 11 is 0. The predicted octanol–water partition coefficient (Wildman–Crippen LogP) is 3.05. The number of carboxylic acid groups (broad SMARTS) is 1. The number of halogens is 1. The molecule has 3 nitrogen and oxygen atoms in total. The van der Waals surface area contributed by atoms with Crippen LogP contribution in [0.15, 0.2) is 18.2 Å². The average Bonchev–Trinajstić information content (AvgIpc) is 2.84. The van der Waals surface area contributed by atoms with Crippen molar-refractivity contribution >= 4 is 5.97 Å². The van der Waals surface area contributed by atoms with E-state index < -0.39 is 5.97 Å². The van der Waals surface area contributed by atoms with Gasteiger partial charge < -0.3 is 10.4 Å². The van der Waals surface area contributed by atoms with Crippen molar-refractivity contribution in [1.29, 1.82) is 0 Å². The van der Waals surface area contributed by atoms with Gasteiger partial charge in [0.25, 0.3) is 0 Å².